The van der Waals surface area contributed by atoms with Gasteiger partial charge in [0.25, 0.3) is 0 Å². The van der Waals surface area contributed by atoms with Gasteiger partial charge in [-0.1, -0.05) is 30.3 Å². The molecule has 0 aliphatic carbocycles. The average Bonchev–Trinajstić information content (AvgIpc) is 3.15. The van der Waals surface area contributed by atoms with Crippen LogP contribution in [-0.2, 0) is 14.9 Å². The molecule has 1 aromatic carbocycles. The number of guanidine groups is 1. The molecular weight excluding hydrogens is 507 g/mol. The van der Waals surface area contributed by atoms with Crippen molar-refractivity contribution in [3.8, 4) is 0 Å². The minimum atomic E-state index is -0.470. The third-order valence-corrected chi connectivity index (χ3v) is 6.28. The van der Waals surface area contributed by atoms with Crippen LogP contribution in [0.15, 0.2) is 35.3 Å². The Morgan fingerprint density at radius 1 is 1.23 bits per heavy atom. The molecule has 1 unspecified atom stereocenters. The standard InChI is InChI=1S/C23H34N4O3.HI/c1-22(2,3)30-21(28)26-11-12-27-19(16-26)15-24-20(27)25-17-23(9-13-29-14-10-23)18-7-5-4-6-8-18;/h4-8,19H,9-17H2,1-3H3,(H,24,25);1H. The SMILES string of the molecule is CC(C)(C)OC(=O)N1CCN2C(NCC3(c4ccccc4)CCOCC3)=NCC2C1.I. The van der Waals surface area contributed by atoms with Crippen molar-refractivity contribution < 1.29 is 14.3 Å². The Labute approximate surface area is 202 Å². The molecule has 3 aliphatic heterocycles. The third kappa shape index (κ3) is 5.63. The average molecular weight is 542 g/mol. The number of nitrogens with one attached hydrogen (secondary N) is 1. The summed E-state index contributed by atoms with van der Waals surface area (Å²) in [6.45, 7) is 10.9. The zero-order chi connectivity index (χ0) is 21.2. The molecule has 7 nitrogen and oxygen atoms in total. The Balaban J connectivity index is 0.00000272. The molecule has 1 atom stereocenters. The minimum Gasteiger partial charge on any atom is -0.444 e. The monoisotopic (exact) mass is 542 g/mol. The number of aliphatic imine (C=N–C) groups is 1. The van der Waals surface area contributed by atoms with E-state index in [4.69, 9.17) is 14.5 Å². The molecule has 8 heteroatoms. The highest BCUT2D eigenvalue weighted by Crippen LogP contribution is 2.34. The lowest BCUT2D eigenvalue weighted by Crippen LogP contribution is -2.58. The molecular formula is C23H35IN4O3. The fraction of sp³-hybridized carbons (Fsp3) is 0.652. The number of ether oxygens (including phenoxy) is 2. The maximum absolute atomic E-state index is 12.4. The number of hydrogen-bond donors (Lipinski definition) is 1. The third-order valence-electron chi connectivity index (χ3n) is 6.28. The highest BCUT2D eigenvalue weighted by atomic mass is 127. The van der Waals surface area contributed by atoms with Crippen molar-refractivity contribution in [2.45, 2.75) is 50.7 Å². The molecule has 3 aliphatic rings. The van der Waals surface area contributed by atoms with Gasteiger partial charge in [0.05, 0.1) is 12.6 Å². The van der Waals surface area contributed by atoms with Gasteiger partial charge in [-0.25, -0.2) is 4.79 Å². The molecule has 1 aromatic rings. The number of halogens is 1. The molecule has 1 amide bonds. The molecule has 172 valence electrons. The first-order valence-electron chi connectivity index (χ1n) is 11.0. The summed E-state index contributed by atoms with van der Waals surface area (Å²) in [6, 6.07) is 11.0. The second-order valence-electron chi connectivity index (χ2n) is 9.55. The number of piperazine rings is 1. The van der Waals surface area contributed by atoms with Gasteiger partial charge in [0, 0.05) is 44.8 Å². The van der Waals surface area contributed by atoms with Crippen LogP contribution in [0.1, 0.15) is 39.2 Å². The molecule has 2 saturated heterocycles. The van der Waals surface area contributed by atoms with E-state index in [1.165, 1.54) is 5.56 Å². The number of carbonyl (C=O) groups is 1. The van der Waals surface area contributed by atoms with Gasteiger partial charge in [0.1, 0.15) is 5.60 Å². The number of benzene rings is 1. The van der Waals surface area contributed by atoms with Gasteiger partial charge < -0.3 is 24.6 Å². The summed E-state index contributed by atoms with van der Waals surface area (Å²) in [4.78, 5) is 21.3. The van der Waals surface area contributed by atoms with Crippen LogP contribution in [0.25, 0.3) is 0 Å². The van der Waals surface area contributed by atoms with E-state index in [1.54, 1.807) is 0 Å². The Hall–Kier alpha value is -1.55. The maximum atomic E-state index is 12.4. The Bertz CT molecular complexity index is 775. The molecule has 0 saturated carbocycles. The molecule has 0 radical (unpaired) electrons. The Kier molecular flexibility index (Phi) is 7.72. The van der Waals surface area contributed by atoms with E-state index in [1.807, 2.05) is 25.7 Å². The van der Waals surface area contributed by atoms with Crippen molar-refractivity contribution in [3.05, 3.63) is 35.9 Å². The minimum absolute atomic E-state index is 0. The van der Waals surface area contributed by atoms with Crippen LogP contribution in [0.2, 0.25) is 0 Å². The topological polar surface area (TPSA) is 66.4 Å². The number of carbonyl (C=O) groups excluding carboxylic acids is 1. The van der Waals surface area contributed by atoms with E-state index < -0.39 is 5.60 Å². The van der Waals surface area contributed by atoms with Crippen molar-refractivity contribution in [3.63, 3.8) is 0 Å². The normalized spacial score (nSPS) is 22.8. The van der Waals surface area contributed by atoms with Crippen LogP contribution in [0, 0.1) is 0 Å². The summed E-state index contributed by atoms with van der Waals surface area (Å²) in [7, 11) is 0. The van der Waals surface area contributed by atoms with E-state index in [0.717, 1.165) is 45.1 Å². The molecule has 0 bridgehead atoms. The van der Waals surface area contributed by atoms with Crippen LogP contribution in [-0.4, -0.2) is 79.4 Å². The van der Waals surface area contributed by atoms with Crippen LogP contribution >= 0.6 is 24.0 Å². The number of hydrogen-bond acceptors (Lipinski definition) is 6. The summed E-state index contributed by atoms with van der Waals surface area (Å²) >= 11 is 0. The van der Waals surface area contributed by atoms with Crippen LogP contribution < -0.4 is 5.32 Å². The summed E-state index contributed by atoms with van der Waals surface area (Å²) < 4.78 is 11.2. The predicted molar refractivity (Wildman–Crippen MR) is 132 cm³/mol. The summed E-state index contributed by atoms with van der Waals surface area (Å²) in [5.74, 6) is 0.964. The van der Waals surface area contributed by atoms with Gasteiger partial charge >= 0.3 is 6.09 Å². The van der Waals surface area contributed by atoms with Gasteiger partial charge in [-0.2, -0.15) is 0 Å². The van der Waals surface area contributed by atoms with E-state index in [0.29, 0.717) is 19.6 Å². The molecule has 3 heterocycles. The second kappa shape index (κ2) is 9.94. The Morgan fingerprint density at radius 2 is 1.94 bits per heavy atom. The zero-order valence-corrected chi connectivity index (χ0v) is 21.1. The first-order chi connectivity index (χ1) is 14.4. The number of fused-ring (bicyclic) bond motifs is 1. The number of nitrogens with zero attached hydrogens (tertiary/aromatic N) is 3. The van der Waals surface area contributed by atoms with Crippen LogP contribution in [0.4, 0.5) is 4.79 Å². The summed E-state index contributed by atoms with van der Waals surface area (Å²) in [6.07, 6.45) is 1.79. The van der Waals surface area contributed by atoms with Gasteiger partial charge in [0.2, 0.25) is 0 Å². The van der Waals surface area contributed by atoms with E-state index >= 15 is 0 Å². The van der Waals surface area contributed by atoms with Crippen LogP contribution in [0.3, 0.4) is 0 Å². The lowest BCUT2D eigenvalue weighted by atomic mass is 9.74. The Morgan fingerprint density at radius 3 is 2.61 bits per heavy atom. The highest BCUT2D eigenvalue weighted by Gasteiger charge is 2.39. The molecule has 0 spiro atoms. The fourth-order valence-electron chi connectivity index (χ4n) is 4.59. The fourth-order valence-corrected chi connectivity index (χ4v) is 4.59. The smallest absolute Gasteiger partial charge is 0.410 e. The highest BCUT2D eigenvalue weighted by molar-refractivity contribution is 14.0. The largest absolute Gasteiger partial charge is 0.444 e. The molecule has 4 rings (SSSR count). The summed E-state index contributed by atoms with van der Waals surface area (Å²) in [5.41, 5.74) is 0.965. The van der Waals surface area contributed by atoms with E-state index in [9.17, 15) is 4.79 Å². The second-order valence-corrected chi connectivity index (χ2v) is 9.55. The molecule has 31 heavy (non-hydrogen) atoms. The number of rotatable bonds is 3. The van der Waals surface area contributed by atoms with Gasteiger partial charge in [0.15, 0.2) is 5.96 Å². The van der Waals surface area contributed by atoms with E-state index in [-0.39, 0.29) is 41.5 Å². The van der Waals surface area contributed by atoms with Crippen molar-refractivity contribution in [1.82, 2.24) is 15.1 Å². The van der Waals surface area contributed by atoms with Crippen molar-refractivity contribution in [2.75, 3.05) is 45.9 Å². The van der Waals surface area contributed by atoms with Crippen molar-refractivity contribution in [2.24, 2.45) is 4.99 Å². The quantitative estimate of drug-likeness (QED) is 0.595. The van der Waals surface area contributed by atoms with Crippen LogP contribution in [0.5, 0.6) is 0 Å². The summed E-state index contributed by atoms with van der Waals surface area (Å²) in [5, 5.41) is 3.66. The van der Waals surface area contributed by atoms with Gasteiger partial charge in [-0.3, -0.25) is 4.99 Å². The van der Waals surface area contributed by atoms with E-state index in [2.05, 4.69) is 40.5 Å². The molecule has 1 N–H and O–H groups in total. The maximum Gasteiger partial charge on any atom is 0.410 e. The lowest BCUT2D eigenvalue weighted by Gasteiger charge is -2.41. The van der Waals surface area contributed by atoms with Gasteiger partial charge in [-0.15, -0.1) is 24.0 Å². The molecule has 2 fully saturated rings. The predicted octanol–water partition coefficient (Wildman–Crippen LogP) is 3.23. The van der Waals surface area contributed by atoms with Crippen molar-refractivity contribution in [1.29, 1.82) is 0 Å². The molecule has 0 aromatic heterocycles. The number of amides is 1. The first kappa shape index (κ1) is 24.1. The van der Waals surface area contributed by atoms with Gasteiger partial charge in [-0.05, 0) is 39.2 Å². The first-order valence-corrected chi connectivity index (χ1v) is 11.0. The van der Waals surface area contributed by atoms with Crippen molar-refractivity contribution >= 4 is 36.0 Å². The zero-order valence-electron chi connectivity index (χ0n) is 18.8. The lowest BCUT2D eigenvalue weighted by molar-refractivity contribution is 0.0136.